The fourth-order valence-electron chi connectivity index (χ4n) is 4.70. The van der Waals surface area contributed by atoms with Crippen LogP contribution in [0.25, 0.3) is 0 Å². The molecule has 1 aromatic heterocycles. The predicted octanol–water partition coefficient (Wildman–Crippen LogP) is 3.37. The minimum atomic E-state index is 0.217. The molecule has 2 aromatic carbocycles. The number of amides is 1. The van der Waals surface area contributed by atoms with Gasteiger partial charge in [0.1, 0.15) is 11.5 Å². The van der Waals surface area contributed by atoms with Gasteiger partial charge in [0.2, 0.25) is 5.91 Å². The van der Waals surface area contributed by atoms with Crippen molar-refractivity contribution in [1.29, 1.82) is 0 Å². The van der Waals surface area contributed by atoms with Gasteiger partial charge in [-0.05, 0) is 47.9 Å². The number of ether oxygens (including phenoxy) is 2. The van der Waals surface area contributed by atoms with Crippen molar-refractivity contribution in [2.24, 2.45) is 0 Å². The maximum Gasteiger partial charge on any atom is 0.236 e. The Bertz CT molecular complexity index is 1070. The summed E-state index contributed by atoms with van der Waals surface area (Å²) in [5.74, 6) is 2.14. The zero-order valence-electron chi connectivity index (χ0n) is 19.0. The summed E-state index contributed by atoms with van der Waals surface area (Å²) in [4.78, 5) is 17.1. The Morgan fingerprint density at radius 1 is 1.09 bits per heavy atom. The lowest BCUT2D eigenvalue weighted by atomic mass is 10.0. The molecule has 0 saturated carbocycles. The molecule has 1 unspecified atom stereocenters. The first-order valence-corrected chi connectivity index (χ1v) is 11.6. The number of H-pyrrole nitrogens is 1. The van der Waals surface area contributed by atoms with Gasteiger partial charge in [-0.15, -0.1) is 0 Å². The monoisotopic (exact) mass is 446 g/mol. The topological polar surface area (TPSA) is 70.7 Å². The summed E-state index contributed by atoms with van der Waals surface area (Å²) in [6.07, 6.45) is 1.71. The Balaban J connectivity index is 1.08. The molecule has 7 nitrogen and oxygen atoms in total. The molecule has 3 heterocycles. The second-order valence-corrected chi connectivity index (χ2v) is 8.83. The van der Waals surface area contributed by atoms with E-state index in [1.54, 1.807) is 7.11 Å². The van der Waals surface area contributed by atoms with E-state index in [4.69, 9.17) is 9.47 Å². The van der Waals surface area contributed by atoms with E-state index in [1.165, 1.54) is 11.1 Å². The first kappa shape index (κ1) is 21.5. The third-order valence-electron chi connectivity index (χ3n) is 6.57. The fourth-order valence-corrected chi connectivity index (χ4v) is 4.70. The molecule has 1 fully saturated rings. The fraction of sp³-hybridized carbons (Fsp3) is 0.385. The van der Waals surface area contributed by atoms with E-state index < -0.39 is 0 Å². The van der Waals surface area contributed by atoms with E-state index in [1.807, 2.05) is 29.2 Å². The maximum atomic E-state index is 12.9. The second-order valence-electron chi connectivity index (χ2n) is 8.83. The molecule has 1 saturated heterocycles. The number of benzene rings is 2. The van der Waals surface area contributed by atoms with Crippen LogP contribution in [0.5, 0.6) is 11.5 Å². The first-order valence-electron chi connectivity index (χ1n) is 11.6. The summed E-state index contributed by atoms with van der Waals surface area (Å²) in [5, 5.41) is 7.66. The molecule has 0 radical (unpaired) electrons. The third kappa shape index (κ3) is 5.03. The van der Waals surface area contributed by atoms with Crippen molar-refractivity contribution in [3.05, 3.63) is 77.1 Å². The summed E-state index contributed by atoms with van der Waals surface area (Å²) >= 11 is 0. The predicted molar refractivity (Wildman–Crippen MR) is 125 cm³/mol. The standard InChI is InChI=1S/C26H30N4O3/c1-32-23-6-8-24(9-7-23)33-13-11-22-14-25(28-27-22)21-10-12-30(17-21)26(31)18-29-15-19-4-2-3-5-20(19)16-29/h2-9,14,21H,10-13,15-18H2,1H3,(H,27,28). The number of aromatic amines is 1. The molecule has 5 rings (SSSR count). The average molecular weight is 447 g/mol. The lowest BCUT2D eigenvalue weighted by molar-refractivity contribution is -0.131. The Hall–Kier alpha value is -3.32. The van der Waals surface area contributed by atoms with Crippen LogP contribution in [0, 0.1) is 0 Å². The third-order valence-corrected chi connectivity index (χ3v) is 6.57. The van der Waals surface area contributed by atoms with E-state index in [0.717, 1.165) is 61.9 Å². The summed E-state index contributed by atoms with van der Waals surface area (Å²) in [6, 6.07) is 18.2. The van der Waals surface area contributed by atoms with Gasteiger partial charge in [-0.2, -0.15) is 5.10 Å². The summed E-state index contributed by atoms with van der Waals surface area (Å²) < 4.78 is 11.0. The number of carbonyl (C=O) groups excluding carboxylic acids is 1. The van der Waals surface area contributed by atoms with Crippen molar-refractivity contribution in [1.82, 2.24) is 20.0 Å². The molecule has 0 spiro atoms. The van der Waals surface area contributed by atoms with E-state index in [0.29, 0.717) is 13.2 Å². The molecule has 172 valence electrons. The van der Waals surface area contributed by atoms with Gasteiger partial charge in [0, 0.05) is 44.2 Å². The van der Waals surface area contributed by atoms with Crippen molar-refractivity contribution >= 4 is 5.91 Å². The van der Waals surface area contributed by atoms with Crippen molar-refractivity contribution in [2.45, 2.75) is 31.8 Å². The molecule has 0 bridgehead atoms. The van der Waals surface area contributed by atoms with Crippen LogP contribution < -0.4 is 9.47 Å². The van der Waals surface area contributed by atoms with Crippen molar-refractivity contribution in [3.8, 4) is 11.5 Å². The molecule has 1 N–H and O–H groups in total. The molecule has 0 aliphatic carbocycles. The van der Waals surface area contributed by atoms with Crippen molar-refractivity contribution in [2.75, 3.05) is 33.4 Å². The smallest absolute Gasteiger partial charge is 0.236 e. The molecular formula is C26H30N4O3. The van der Waals surface area contributed by atoms with Crippen LogP contribution >= 0.6 is 0 Å². The van der Waals surface area contributed by atoms with Crippen LogP contribution in [-0.4, -0.2) is 59.3 Å². The molecule has 1 amide bonds. The number of likely N-dealkylation sites (tertiary alicyclic amines) is 1. The molecular weight excluding hydrogens is 416 g/mol. The second kappa shape index (κ2) is 9.67. The average Bonchev–Trinajstić information content (AvgIpc) is 3.58. The van der Waals surface area contributed by atoms with Gasteiger partial charge in [0.15, 0.2) is 0 Å². The maximum absolute atomic E-state index is 12.9. The van der Waals surface area contributed by atoms with Gasteiger partial charge in [-0.25, -0.2) is 0 Å². The number of nitrogens with zero attached hydrogens (tertiary/aromatic N) is 3. The summed E-state index contributed by atoms with van der Waals surface area (Å²) in [5.41, 5.74) is 4.77. The zero-order valence-corrected chi connectivity index (χ0v) is 19.0. The van der Waals surface area contributed by atoms with E-state index in [2.05, 4.69) is 45.4 Å². The highest BCUT2D eigenvalue weighted by molar-refractivity contribution is 5.78. The quantitative estimate of drug-likeness (QED) is 0.575. The number of hydrogen-bond donors (Lipinski definition) is 1. The van der Waals surface area contributed by atoms with E-state index in [-0.39, 0.29) is 11.8 Å². The number of rotatable bonds is 8. The summed E-state index contributed by atoms with van der Waals surface area (Å²) in [6.45, 7) is 4.32. The highest BCUT2D eigenvalue weighted by Crippen LogP contribution is 2.28. The number of nitrogens with one attached hydrogen (secondary N) is 1. The number of hydrogen-bond acceptors (Lipinski definition) is 5. The minimum absolute atomic E-state index is 0.217. The number of methoxy groups -OCH3 is 1. The van der Waals surface area contributed by atoms with Gasteiger partial charge < -0.3 is 14.4 Å². The van der Waals surface area contributed by atoms with Crippen LogP contribution in [0.15, 0.2) is 54.6 Å². The molecule has 3 aromatic rings. The van der Waals surface area contributed by atoms with Crippen LogP contribution in [0.2, 0.25) is 0 Å². The van der Waals surface area contributed by atoms with E-state index >= 15 is 0 Å². The van der Waals surface area contributed by atoms with Gasteiger partial charge in [0.05, 0.1) is 26.0 Å². The lowest BCUT2D eigenvalue weighted by Gasteiger charge is -2.20. The molecule has 1 atom stereocenters. The minimum Gasteiger partial charge on any atom is -0.497 e. The Kier molecular flexibility index (Phi) is 6.30. The zero-order chi connectivity index (χ0) is 22.6. The van der Waals surface area contributed by atoms with Crippen LogP contribution in [0.1, 0.15) is 34.9 Å². The van der Waals surface area contributed by atoms with Gasteiger partial charge in [0.25, 0.3) is 0 Å². The van der Waals surface area contributed by atoms with Crippen LogP contribution in [0.3, 0.4) is 0 Å². The highest BCUT2D eigenvalue weighted by atomic mass is 16.5. The largest absolute Gasteiger partial charge is 0.497 e. The van der Waals surface area contributed by atoms with Crippen molar-refractivity contribution < 1.29 is 14.3 Å². The van der Waals surface area contributed by atoms with Gasteiger partial charge in [-0.1, -0.05) is 24.3 Å². The van der Waals surface area contributed by atoms with Gasteiger partial charge in [-0.3, -0.25) is 14.8 Å². The Morgan fingerprint density at radius 3 is 2.55 bits per heavy atom. The summed E-state index contributed by atoms with van der Waals surface area (Å²) in [7, 11) is 1.65. The SMILES string of the molecule is COc1ccc(OCCc2cc(C3CCN(C(=O)CN4Cc5ccccc5C4)C3)n[nH]2)cc1. The van der Waals surface area contributed by atoms with Crippen LogP contribution in [-0.2, 0) is 24.3 Å². The molecule has 2 aliphatic rings. The van der Waals surface area contributed by atoms with Crippen LogP contribution in [0.4, 0.5) is 0 Å². The Morgan fingerprint density at radius 2 is 1.82 bits per heavy atom. The number of carbonyl (C=O) groups is 1. The Labute approximate surface area is 194 Å². The number of aromatic nitrogens is 2. The first-order chi connectivity index (χ1) is 16.2. The molecule has 7 heteroatoms. The van der Waals surface area contributed by atoms with Gasteiger partial charge >= 0.3 is 0 Å². The molecule has 2 aliphatic heterocycles. The normalized spacial score (nSPS) is 17.8. The molecule has 33 heavy (non-hydrogen) atoms. The number of fused-ring (bicyclic) bond motifs is 1. The van der Waals surface area contributed by atoms with E-state index in [9.17, 15) is 4.79 Å². The van der Waals surface area contributed by atoms with Crippen molar-refractivity contribution in [3.63, 3.8) is 0 Å². The highest BCUT2D eigenvalue weighted by Gasteiger charge is 2.30. The lowest BCUT2D eigenvalue weighted by Crippen LogP contribution is -2.37.